The van der Waals surface area contributed by atoms with E-state index in [0.29, 0.717) is 13.2 Å². The summed E-state index contributed by atoms with van der Waals surface area (Å²) in [6.07, 6.45) is 2.86. The molecule has 1 amide bonds. The molecule has 108 valence electrons. The number of para-hydroxylation sites is 1. The molecule has 0 bridgehead atoms. The number of hydrogen-bond donors (Lipinski definition) is 1. The Morgan fingerprint density at radius 2 is 2.30 bits per heavy atom. The van der Waals surface area contributed by atoms with Crippen molar-refractivity contribution < 1.29 is 14.3 Å². The second-order valence-corrected chi connectivity index (χ2v) is 5.43. The molecule has 1 aromatic carbocycles. The van der Waals surface area contributed by atoms with E-state index < -0.39 is 0 Å². The Morgan fingerprint density at radius 3 is 3.15 bits per heavy atom. The molecular weight excluding hydrogens is 254 g/mol. The molecule has 1 aliphatic carbocycles. The van der Waals surface area contributed by atoms with E-state index in [1.165, 1.54) is 0 Å². The fourth-order valence-corrected chi connectivity index (χ4v) is 2.80. The van der Waals surface area contributed by atoms with Crippen LogP contribution in [0.25, 0.3) is 0 Å². The van der Waals surface area contributed by atoms with Gasteiger partial charge in [0.1, 0.15) is 5.75 Å². The van der Waals surface area contributed by atoms with Crippen LogP contribution in [-0.2, 0) is 9.53 Å². The summed E-state index contributed by atoms with van der Waals surface area (Å²) in [5.74, 6) is 1.05. The Balaban J connectivity index is 1.67. The zero-order valence-corrected chi connectivity index (χ0v) is 11.8. The first kappa shape index (κ1) is 13.4. The van der Waals surface area contributed by atoms with Gasteiger partial charge in [-0.15, -0.1) is 0 Å². The molecule has 1 aliphatic heterocycles. The van der Waals surface area contributed by atoms with Crippen LogP contribution in [0.5, 0.6) is 5.75 Å². The summed E-state index contributed by atoms with van der Waals surface area (Å²) < 4.78 is 11.2. The maximum Gasteiger partial charge on any atom is 0.226 e. The normalized spacial score (nSPS) is 27.9. The van der Waals surface area contributed by atoms with Crippen LogP contribution in [-0.4, -0.2) is 25.2 Å². The number of amides is 1. The third-order valence-electron chi connectivity index (χ3n) is 3.96. The van der Waals surface area contributed by atoms with E-state index in [0.717, 1.165) is 30.6 Å². The van der Waals surface area contributed by atoms with E-state index in [4.69, 9.17) is 9.47 Å². The van der Waals surface area contributed by atoms with Crippen LogP contribution in [0.15, 0.2) is 24.3 Å². The van der Waals surface area contributed by atoms with Crippen molar-refractivity contribution in [1.29, 1.82) is 0 Å². The van der Waals surface area contributed by atoms with Crippen molar-refractivity contribution in [1.82, 2.24) is 5.32 Å². The molecule has 0 saturated heterocycles. The average Bonchev–Trinajstić information content (AvgIpc) is 3.24. The maximum atomic E-state index is 12.2. The highest BCUT2D eigenvalue weighted by Crippen LogP contribution is 2.36. The van der Waals surface area contributed by atoms with Crippen molar-refractivity contribution >= 4 is 5.91 Å². The largest absolute Gasteiger partial charge is 0.493 e. The fourth-order valence-electron chi connectivity index (χ4n) is 2.80. The Morgan fingerprint density at radius 1 is 1.45 bits per heavy atom. The number of hydrogen-bond acceptors (Lipinski definition) is 3. The summed E-state index contributed by atoms with van der Waals surface area (Å²) in [5, 5.41) is 3.17. The number of carbonyl (C=O) groups excluding carboxylic acids is 1. The van der Waals surface area contributed by atoms with E-state index in [1.54, 1.807) is 0 Å². The van der Waals surface area contributed by atoms with Crippen LogP contribution in [0.4, 0.5) is 0 Å². The van der Waals surface area contributed by atoms with Gasteiger partial charge in [0, 0.05) is 12.2 Å². The molecule has 4 heteroatoms. The van der Waals surface area contributed by atoms with Crippen molar-refractivity contribution in [3.8, 4) is 5.75 Å². The van der Waals surface area contributed by atoms with E-state index in [-0.39, 0.29) is 24.0 Å². The topological polar surface area (TPSA) is 47.6 Å². The Hall–Kier alpha value is -1.55. The number of rotatable bonds is 4. The lowest BCUT2D eigenvalue weighted by molar-refractivity contribution is -0.124. The van der Waals surface area contributed by atoms with Crippen LogP contribution >= 0.6 is 0 Å². The summed E-state index contributed by atoms with van der Waals surface area (Å²) in [6, 6.07) is 8.03. The van der Waals surface area contributed by atoms with Gasteiger partial charge >= 0.3 is 0 Å². The smallest absolute Gasteiger partial charge is 0.226 e. The van der Waals surface area contributed by atoms with Crippen LogP contribution in [0.1, 0.15) is 37.8 Å². The van der Waals surface area contributed by atoms with Gasteiger partial charge in [-0.25, -0.2) is 0 Å². The van der Waals surface area contributed by atoms with Crippen molar-refractivity contribution in [2.45, 2.75) is 38.3 Å². The third-order valence-corrected chi connectivity index (χ3v) is 3.96. The second-order valence-electron chi connectivity index (χ2n) is 5.43. The second kappa shape index (κ2) is 5.83. The summed E-state index contributed by atoms with van der Waals surface area (Å²) in [5.41, 5.74) is 1.09. The minimum atomic E-state index is 0.0336. The van der Waals surface area contributed by atoms with E-state index in [1.807, 2.05) is 31.2 Å². The molecule has 1 N–H and O–H groups in total. The van der Waals surface area contributed by atoms with Gasteiger partial charge in [0.25, 0.3) is 0 Å². The van der Waals surface area contributed by atoms with Gasteiger partial charge in [-0.05, 0) is 32.3 Å². The number of fused-ring (bicyclic) bond motifs is 1. The van der Waals surface area contributed by atoms with E-state index >= 15 is 0 Å². The molecule has 20 heavy (non-hydrogen) atoms. The third kappa shape index (κ3) is 2.80. The summed E-state index contributed by atoms with van der Waals surface area (Å²) in [6.45, 7) is 3.36. The predicted octanol–water partition coefficient (Wildman–Crippen LogP) is 2.44. The van der Waals surface area contributed by atoms with Crippen LogP contribution < -0.4 is 10.1 Å². The maximum absolute atomic E-state index is 12.2. The van der Waals surface area contributed by atoms with Crippen molar-refractivity contribution in [2.75, 3.05) is 13.2 Å². The molecule has 3 rings (SSSR count). The minimum Gasteiger partial charge on any atom is -0.493 e. The van der Waals surface area contributed by atoms with Gasteiger partial charge in [-0.2, -0.15) is 0 Å². The summed E-state index contributed by atoms with van der Waals surface area (Å²) in [4.78, 5) is 12.2. The summed E-state index contributed by atoms with van der Waals surface area (Å²) >= 11 is 0. The lowest BCUT2D eigenvalue weighted by atomic mass is 10.0. The first-order valence-electron chi connectivity index (χ1n) is 7.43. The number of ether oxygens (including phenoxy) is 2. The van der Waals surface area contributed by atoms with Crippen molar-refractivity contribution in [3.05, 3.63) is 29.8 Å². The van der Waals surface area contributed by atoms with Gasteiger partial charge in [-0.1, -0.05) is 18.2 Å². The van der Waals surface area contributed by atoms with Crippen LogP contribution in [0.3, 0.4) is 0 Å². The quantitative estimate of drug-likeness (QED) is 0.918. The molecule has 1 aromatic rings. The molecule has 1 fully saturated rings. The number of nitrogens with one attached hydrogen (secondary N) is 1. The van der Waals surface area contributed by atoms with E-state index in [2.05, 4.69) is 5.32 Å². The molecule has 1 saturated carbocycles. The molecule has 0 radical (unpaired) electrons. The van der Waals surface area contributed by atoms with Crippen molar-refractivity contribution in [2.24, 2.45) is 5.92 Å². The fraction of sp³-hybridized carbons (Fsp3) is 0.562. The predicted molar refractivity (Wildman–Crippen MR) is 75.6 cm³/mol. The lowest BCUT2D eigenvalue weighted by Crippen LogP contribution is -2.30. The highest BCUT2D eigenvalue weighted by Gasteiger charge is 2.44. The van der Waals surface area contributed by atoms with Gasteiger partial charge in [0.05, 0.1) is 24.7 Å². The highest BCUT2D eigenvalue weighted by atomic mass is 16.5. The first-order valence-corrected chi connectivity index (χ1v) is 7.43. The highest BCUT2D eigenvalue weighted by molar-refractivity contribution is 5.82. The minimum absolute atomic E-state index is 0.0336. The van der Waals surface area contributed by atoms with Gasteiger partial charge in [0.15, 0.2) is 0 Å². The molecule has 2 aliphatic rings. The standard InChI is InChI=1S/C16H21NO3/c1-2-19-15-10-12(15)16(18)17-13-7-5-9-20-14-8-4-3-6-11(13)14/h3-4,6,8,12-13,15H,2,5,7,9-10H2,1H3,(H,17,18)/t12-,13-,15+/m0/s1. The van der Waals surface area contributed by atoms with Crippen LogP contribution in [0.2, 0.25) is 0 Å². The van der Waals surface area contributed by atoms with Crippen LogP contribution in [0, 0.1) is 5.92 Å². The molecule has 4 nitrogen and oxygen atoms in total. The lowest BCUT2D eigenvalue weighted by Gasteiger charge is -2.18. The molecule has 1 heterocycles. The number of carbonyl (C=O) groups is 1. The summed E-state index contributed by atoms with van der Waals surface area (Å²) in [7, 11) is 0. The Bertz CT molecular complexity index is 488. The zero-order valence-electron chi connectivity index (χ0n) is 11.8. The molecule has 0 aromatic heterocycles. The van der Waals surface area contributed by atoms with Gasteiger partial charge < -0.3 is 14.8 Å². The average molecular weight is 275 g/mol. The Labute approximate surface area is 119 Å². The zero-order chi connectivity index (χ0) is 13.9. The first-order chi connectivity index (χ1) is 9.79. The molecule has 0 unspecified atom stereocenters. The SMILES string of the molecule is CCO[C@@H]1C[C@@H]1C(=O)N[C@H]1CCCOc2ccccc21. The van der Waals surface area contributed by atoms with E-state index in [9.17, 15) is 4.79 Å². The molecule has 3 atom stereocenters. The van der Waals surface area contributed by atoms with Gasteiger partial charge in [-0.3, -0.25) is 4.79 Å². The Kier molecular flexibility index (Phi) is 3.92. The van der Waals surface area contributed by atoms with Crippen molar-refractivity contribution in [3.63, 3.8) is 0 Å². The molecular formula is C16H21NO3. The number of benzene rings is 1. The molecule has 0 spiro atoms. The monoisotopic (exact) mass is 275 g/mol. The van der Waals surface area contributed by atoms with Gasteiger partial charge in [0.2, 0.25) is 5.91 Å².